The molecule has 0 aliphatic carbocycles. The molecule has 0 atom stereocenters. The predicted octanol–water partition coefficient (Wildman–Crippen LogP) is 1.52. The Morgan fingerprint density at radius 1 is 1.25 bits per heavy atom. The van der Waals surface area contributed by atoms with Crippen molar-refractivity contribution in [3.05, 3.63) is 63.8 Å². The van der Waals surface area contributed by atoms with Gasteiger partial charge in [-0.15, -0.1) is 0 Å². The van der Waals surface area contributed by atoms with E-state index < -0.39 is 0 Å². The Kier molecular flexibility index (Phi) is 3.92. The zero-order valence-corrected chi connectivity index (χ0v) is 11.5. The lowest BCUT2D eigenvalue weighted by Crippen LogP contribution is -2.34. The summed E-state index contributed by atoms with van der Waals surface area (Å²) in [7, 11) is 0. The van der Waals surface area contributed by atoms with Crippen molar-refractivity contribution >= 4 is 0 Å². The average molecular weight is 269 g/mol. The minimum absolute atomic E-state index is 0.143. The van der Waals surface area contributed by atoms with E-state index in [0.29, 0.717) is 0 Å². The summed E-state index contributed by atoms with van der Waals surface area (Å²) in [5.74, 6) is 0. The Morgan fingerprint density at radius 3 is 2.95 bits per heavy atom. The lowest BCUT2D eigenvalue weighted by atomic mass is 10.1. The van der Waals surface area contributed by atoms with E-state index in [4.69, 9.17) is 0 Å². The van der Waals surface area contributed by atoms with Crippen molar-refractivity contribution in [2.24, 2.45) is 0 Å². The second kappa shape index (κ2) is 6.01. The molecule has 4 heteroatoms. The monoisotopic (exact) mass is 269 g/mol. The van der Waals surface area contributed by atoms with E-state index in [1.165, 1.54) is 5.56 Å². The maximum Gasteiger partial charge on any atom is 0.256 e. The summed E-state index contributed by atoms with van der Waals surface area (Å²) in [5.41, 5.74) is 3.27. The second-order valence-electron chi connectivity index (χ2n) is 5.18. The third-order valence-corrected chi connectivity index (χ3v) is 3.77. The van der Waals surface area contributed by atoms with Crippen LogP contribution in [0.4, 0.5) is 0 Å². The molecule has 2 aromatic rings. The zero-order valence-electron chi connectivity index (χ0n) is 11.5. The Bertz CT molecular complexity index is 634. The van der Waals surface area contributed by atoms with Gasteiger partial charge >= 0.3 is 0 Å². The van der Waals surface area contributed by atoms with Gasteiger partial charge in [-0.1, -0.05) is 30.3 Å². The van der Waals surface area contributed by atoms with Gasteiger partial charge < -0.3 is 5.32 Å². The third kappa shape index (κ3) is 2.80. The summed E-state index contributed by atoms with van der Waals surface area (Å²) in [5, 5.41) is 3.24. The van der Waals surface area contributed by atoms with E-state index in [1.54, 1.807) is 10.9 Å². The molecule has 0 saturated carbocycles. The molecule has 0 bridgehead atoms. The van der Waals surface area contributed by atoms with Crippen LogP contribution >= 0.6 is 0 Å². The number of aryl methyl sites for hydroxylation is 2. The molecule has 0 saturated heterocycles. The highest BCUT2D eigenvalue weighted by Crippen LogP contribution is 2.07. The van der Waals surface area contributed by atoms with Gasteiger partial charge in [0, 0.05) is 18.7 Å². The molecule has 104 valence electrons. The number of benzene rings is 1. The molecule has 1 aliphatic rings. The summed E-state index contributed by atoms with van der Waals surface area (Å²) in [6.07, 6.45) is 4.44. The van der Waals surface area contributed by atoms with Crippen LogP contribution in [0.3, 0.4) is 0 Å². The van der Waals surface area contributed by atoms with Crippen molar-refractivity contribution in [2.75, 3.05) is 6.54 Å². The van der Waals surface area contributed by atoms with Crippen molar-refractivity contribution in [3.8, 4) is 0 Å². The lowest BCUT2D eigenvalue weighted by Gasteiger charge is -2.16. The normalized spacial score (nSPS) is 14.0. The Balaban J connectivity index is 1.68. The number of nitrogens with zero attached hydrogens (tertiary/aromatic N) is 2. The van der Waals surface area contributed by atoms with E-state index in [-0.39, 0.29) is 5.56 Å². The van der Waals surface area contributed by atoms with Gasteiger partial charge in [-0.3, -0.25) is 9.36 Å². The number of hydrogen-bond donors (Lipinski definition) is 1. The fourth-order valence-corrected chi connectivity index (χ4v) is 2.65. The van der Waals surface area contributed by atoms with E-state index in [2.05, 4.69) is 34.6 Å². The van der Waals surface area contributed by atoms with Gasteiger partial charge in [0.15, 0.2) is 0 Å². The van der Waals surface area contributed by atoms with Crippen molar-refractivity contribution in [2.45, 2.75) is 32.4 Å². The average Bonchev–Trinajstić information content (AvgIpc) is 2.51. The predicted molar refractivity (Wildman–Crippen MR) is 78.7 cm³/mol. The summed E-state index contributed by atoms with van der Waals surface area (Å²) in [6, 6.07) is 10.4. The first kappa shape index (κ1) is 13.1. The first-order valence-corrected chi connectivity index (χ1v) is 7.16. The van der Waals surface area contributed by atoms with Gasteiger partial charge in [0.25, 0.3) is 5.56 Å². The number of fused-ring (bicyclic) bond motifs is 1. The van der Waals surface area contributed by atoms with Gasteiger partial charge in [-0.05, 0) is 31.4 Å². The molecule has 0 amide bonds. The Morgan fingerprint density at radius 2 is 2.10 bits per heavy atom. The molecular formula is C16H19N3O. The summed E-state index contributed by atoms with van der Waals surface area (Å²) >= 11 is 0. The first-order valence-electron chi connectivity index (χ1n) is 7.16. The fourth-order valence-electron chi connectivity index (χ4n) is 2.65. The number of aromatic nitrogens is 2. The maximum atomic E-state index is 12.4. The van der Waals surface area contributed by atoms with Crippen molar-refractivity contribution < 1.29 is 0 Å². The van der Waals surface area contributed by atoms with Crippen LogP contribution < -0.4 is 10.9 Å². The van der Waals surface area contributed by atoms with Crippen LogP contribution in [0, 0.1) is 0 Å². The zero-order chi connectivity index (χ0) is 13.8. The molecule has 1 aromatic carbocycles. The molecular weight excluding hydrogens is 250 g/mol. The molecule has 2 heterocycles. The lowest BCUT2D eigenvalue weighted by molar-refractivity contribution is 0.565. The second-order valence-corrected chi connectivity index (χ2v) is 5.18. The molecule has 3 rings (SSSR count). The number of nitrogens with one attached hydrogen (secondary N) is 1. The molecule has 0 spiro atoms. The van der Waals surface area contributed by atoms with Crippen LogP contribution in [-0.2, 0) is 25.9 Å². The molecule has 0 radical (unpaired) electrons. The van der Waals surface area contributed by atoms with Crippen molar-refractivity contribution in [1.29, 1.82) is 0 Å². The smallest absolute Gasteiger partial charge is 0.256 e. The molecule has 0 unspecified atom stereocenters. The molecule has 1 aromatic heterocycles. The van der Waals surface area contributed by atoms with Gasteiger partial charge in [0.05, 0.1) is 12.0 Å². The molecule has 0 fully saturated rings. The highest BCUT2D eigenvalue weighted by molar-refractivity contribution is 5.19. The van der Waals surface area contributed by atoms with Gasteiger partial charge in [0.1, 0.15) is 0 Å². The maximum absolute atomic E-state index is 12.4. The molecule has 20 heavy (non-hydrogen) atoms. The quantitative estimate of drug-likeness (QED) is 0.915. The molecule has 1 N–H and O–H groups in total. The highest BCUT2D eigenvalue weighted by Gasteiger charge is 2.14. The Hall–Kier alpha value is -1.94. The number of hydrogen-bond acceptors (Lipinski definition) is 3. The van der Waals surface area contributed by atoms with Crippen LogP contribution in [0.2, 0.25) is 0 Å². The minimum Gasteiger partial charge on any atom is -0.311 e. The van der Waals surface area contributed by atoms with Crippen LogP contribution in [0.15, 0.2) is 41.5 Å². The number of rotatable bonds is 4. The van der Waals surface area contributed by atoms with Gasteiger partial charge in [0.2, 0.25) is 0 Å². The van der Waals surface area contributed by atoms with Crippen LogP contribution in [-0.4, -0.2) is 16.1 Å². The van der Waals surface area contributed by atoms with Crippen LogP contribution in [0.1, 0.15) is 23.2 Å². The van der Waals surface area contributed by atoms with E-state index >= 15 is 0 Å². The minimum atomic E-state index is 0.143. The van der Waals surface area contributed by atoms with E-state index in [1.807, 2.05) is 6.07 Å². The largest absolute Gasteiger partial charge is 0.311 e. The third-order valence-electron chi connectivity index (χ3n) is 3.77. The van der Waals surface area contributed by atoms with Gasteiger partial charge in [-0.25, -0.2) is 4.98 Å². The summed E-state index contributed by atoms with van der Waals surface area (Å²) in [4.78, 5) is 16.8. The summed E-state index contributed by atoms with van der Waals surface area (Å²) < 4.78 is 1.76. The van der Waals surface area contributed by atoms with E-state index in [9.17, 15) is 4.79 Å². The highest BCUT2D eigenvalue weighted by atomic mass is 16.1. The molecule has 1 aliphatic heterocycles. The molecule has 4 nitrogen and oxygen atoms in total. The van der Waals surface area contributed by atoms with Gasteiger partial charge in [-0.2, -0.15) is 0 Å². The topological polar surface area (TPSA) is 46.9 Å². The first-order chi connectivity index (χ1) is 9.84. The fraction of sp³-hybridized carbons (Fsp3) is 0.375. The van der Waals surface area contributed by atoms with Crippen molar-refractivity contribution in [3.63, 3.8) is 0 Å². The Labute approximate surface area is 118 Å². The van der Waals surface area contributed by atoms with Crippen LogP contribution in [0.25, 0.3) is 0 Å². The van der Waals surface area contributed by atoms with Crippen LogP contribution in [0.5, 0.6) is 0 Å². The standard InChI is InChI=1S/C16H19N3O/c20-16-14-8-9-17-11-15(14)18-12-19(16)10-4-7-13-5-2-1-3-6-13/h1-3,5-6,12,17H,4,7-11H2. The van der Waals surface area contributed by atoms with Crippen molar-refractivity contribution in [1.82, 2.24) is 14.9 Å². The van der Waals surface area contributed by atoms with E-state index in [0.717, 1.165) is 50.2 Å². The summed E-state index contributed by atoms with van der Waals surface area (Å²) in [6.45, 7) is 2.33. The SMILES string of the molecule is O=c1c2c(ncn1CCCc1ccccc1)CNCC2.